The first-order valence-corrected chi connectivity index (χ1v) is 13.2. The van der Waals surface area contributed by atoms with Gasteiger partial charge >= 0.3 is 0 Å². The van der Waals surface area contributed by atoms with Crippen molar-refractivity contribution < 1.29 is 14.4 Å². The standard InChI is InChI=1S/C23H16Cl2N2O3S3/c24-16-8-6-15(7-9-16)17(28)13-27-21(29)19(33-23(27)30)12-18-20(25)26-22(32-18)31-11-10-14-4-2-1-3-5-14/h1-9,12H,10-11,13H2/b19-12-. The molecule has 1 aliphatic rings. The Balaban J connectivity index is 1.40. The van der Waals surface area contributed by atoms with Gasteiger partial charge in [-0.3, -0.25) is 19.3 Å². The fourth-order valence-electron chi connectivity index (χ4n) is 2.97. The van der Waals surface area contributed by atoms with E-state index in [2.05, 4.69) is 17.1 Å². The Morgan fingerprint density at radius 1 is 1.06 bits per heavy atom. The van der Waals surface area contributed by atoms with Crippen LogP contribution in [0, 0.1) is 0 Å². The third-order valence-corrected chi connectivity index (χ3v) is 8.36. The highest BCUT2D eigenvalue weighted by atomic mass is 35.5. The summed E-state index contributed by atoms with van der Waals surface area (Å²) in [7, 11) is 0. The van der Waals surface area contributed by atoms with Crippen LogP contribution in [0.3, 0.4) is 0 Å². The van der Waals surface area contributed by atoms with Crippen molar-refractivity contribution in [3.05, 3.63) is 85.7 Å². The zero-order valence-electron chi connectivity index (χ0n) is 17.0. The number of aryl methyl sites for hydroxylation is 1. The number of Topliss-reactive ketones (excluding diaryl/α,β-unsaturated/α-hetero) is 1. The molecule has 0 spiro atoms. The topological polar surface area (TPSA) is 67.3 Å². The lowest BCUT2D eigenvalue weighted by atomic mass is 10.1. The molecule has 0 radical (unpaired) electrons. The molecule has 1 aliphatic heterocycles. The first-order valence-electron chi connectivity index (χ1n) is 9.78. The zero-order chi connectivity index (χ0) is 23.4. The Labute approximate surface area is 213 Å². The van der Waals surface area contributed by atoms with E-state index in [4.69, 9.17) is 23.2 Å². The lowest BCUT2D eigenvalue weighted by Crippen LogP contribution is -2.33. The fraction of sp³-hybridized carbons (Fsp3) is 0.130. The molecule has 0 aliphatic carbocycles. The summed E-state index contributed by atoms with van der Waals surface area (Å²) in [6.45, 7) is -0.333. The average Bonchev–Trinajstić information content (AvgIpc) is 3.28. The Morgan fingerprint density at radius 2 is 1.79 bits per heavy atom. The van der Waals surface area contributed by atoms with Crippen molar-refractivity contribution in [2.75, 3.05) is 12.3 Å². The Bertz CT molecular complexity index is 1230. The van der Waals surface area contributed by atoms with Crippen LogP contribution in [-0.4, -0.2) is 39.1 Å². The third kappa shape index (κ3) is 6.07. The third-order valence-electron chi connectivity index (χ3n) is 4.65. The van der Waals surface area contributed by atoms with Crippen LogP contribution in [0.2, 0.25) is 10.2 Å². The number of nitrogens with zero attached hydrogens (tertiary/aromatic N) is 2. The zero-order valence-corrected chi connectivity index (χ0v) is 21.0. The number of hydrogen-bond acceptors (Lipinski definition) is 7. The van der Waals surface area contributed by atoms with E-state index < -0.39 is 11.1 Å². The predicted molar refractivity (Wildman–Crippen MR) is 136 cm³/mol. The Hall–Kier alpha value is -2.10. The van der Waals surface area contributed by atoms with Crippen molar-refractivity contribution in [2.45, 2.75) is 10.8 Å². The van der Waals surface area contributed by atoms with Gasteiger partial charge in [-0.15, -0.1) is 11.3 Å². The number of hydrogen-bond donors (Lipinski definition) is 0. The van der Waals surface area contributed by atoms with Crippen molar-refractivity contribution in [1.29, 1.82) is 0 Å². The van der Waals surface area contributed by atoms with Gasteiger partial charge in [-0.2, -0.15) is 0 Å². The minimum atomic E-state index is -0.518. The van der Waals surface area contributed by atoms with Gasteiger partial charge in [0.2, 0.25) is 0 Å². The van der Waals surface area contributed by atoms with Gasteiger partial charge < -0.3 is 0 Å². The molecule has 168 valence electrons. The van der Waals surface area contributed by atoms with Gasteiger partial charge in [0.15, 0.2) is 10.1 Å². The molecule has 1 fully saturated rings. The van der Waals surface area contributed by atoms with Crippen molar-refractivity contribution in [3.8, 4) is 0 Å². The molecule has 3 aromatic rings. The molecule has 1 aromatic heterocycles. The summed E-state index contributed by atoms with van der Waals surface area (Å²) in [5.74, 6) is -0.0189. The molecule has 10 heteroatoms. The van der Waals surface area contributed by atoms with E-state index in [1.807, 2.05) is 18.2 Å². The Kier molecular flexibility index (Phi) is 7.93. The maximum absolute atomic E-state index is 12.8. The molecule has 5 nitrogen and oxygen atoms in total. The van der Waals surface area contributed by atoms with E-state index in [-0.39, 0.29) is 22.4 Å². The SMILES string of the molecule is O=C(CN1C(=O)S/C(=C\c2sc(SCCc3ccccc3)nc2Cl)C1=O)c1ccc(Cl)cc1. The number of carbonyl (C=O) groups is 3. The van der Waals surface area contributed by atoms with Crippen LogP contribution >= 0.6 is 58.1 Å². The molecule has 0 bridgehead atoms. The van der Waals surface area contributed by atoms with Crippen molar-refractivity contribution in [3.63, 3.8) is 0 Å². The monoisotopic (exact) mass is 534 g/mol. The van der Waals surface area contributed by atoms with Crippen LogP contribution in [0.1, 0.15) is 20.8 Å². The molecule has 4 rings (SSSR count). The number of amides is 2. The van der Waals surface area contributed by atoms with Gasteiger partial charge in [0.25, 0.3) is 11.1 Å². The average molecular weight is 535 g/mol. The quantitative estimate of drug-likeness (QED) is 0.182. The normalized spacial score (nSPS) is 15.0. The number of carbonyl (C=O) groups excluding carboxylic acids is 3. The lowest BCUT2D eigenvalue weighted by Gasteiger charge is -2.11. The van der Waals surface area contributed by atoms with Crippen LogP contribution in [0.5, 0.6) is 0 Å². The summed E-state index contributed by atoms with van der Waals surface area (Å²) in [4.78, 5) is 43.7. The minimum absolute atomic E-state index is 0.218. The summed E-state index contributed by atoms with van der Waals surface area (Å²) in [5, 5.41) is 0.289. The van der Waals surface area contributed by atoms with E-state index >= 15 is 0 Å². The summed E-state index contributed by atoms with van der Waals surface area (Å²) >= 11 is 15.9. The minimum Gasteiger partial charge on any atom is -0.292 e. The highest BCUT2D eigenvalue weighted by Gasteiger charge is 2.36. The summed E-state index contributed by atoms with van der Waals surface area (Å²) in [5.41, 5.74) is 1.62. The maximum Gasteiger partial charge on any atom is 0.293 e. The van der Waals surface area contributed by atoms with Crippen LogP contribution in [-0.2, 0) is 11.2 Å². The molecule has 0 unspecified atom stereocenters. The second kappa shape index (κ2) is 10.9. The highest BCUT2D eigenvalue weighted by molar-refractivity contribution is 8.18. The first kappa shape index (κ1) is 24.0. The molecule has 1 saturated heterocycles. The molecule has 0 N–H and O–H groups in total. The molecular weight excluding hydrogens is 519 g/mol. The molecule has 0 saturated carbocycles. The second-order valence-corrected chi connectivity index (χ2v) is 11.1. The number of ketones is 1. The van der Waals surface area contributed by atoms with Gasteiger partial charge in [-0.25, -0.2) is 4.98 Å². The van der Waals surface area contributed by atoms with Crippen LogP contribution in [0.25, 0.3) is 6.08 Å². The van der Waals surface area contributed by atoms with E-state index in [1.165, 1.54) is 16.9 Å². The number of aromatic nitrogens is 1. The first-order chi connectivity index (χ1) is 15.9. The molecule has 33 heavy (non-hydrogen) atoms. The molecule has 0 atom stereocenters. The molecular formula is C23H16Cl2N2O3S3. The van der Waals surface area contributed by atoms with Gasteiger partial charge in [-0.1, -0.05) is 65.3 Å². The number of benzene rings is 2. The Morgan fingerprint density at radius 3 is 2.52 bits per heavy atom. The fourth-order valence-corrected chi connectivity index (χ4v) is 6.40. The van der Waals surface area contributed by atoms with Crippen molar-refractivity contribution in [1.82, 2.24) is 9.88 Å². The van der Waals surface area contributed by atoms with Crippen LogP contribution in [0.4, 0.5) is 4.79 Å². The number of thioether (sulfide) groups is 2. The van der Waals surface area contributed by atoms with Gasteiger partial charge in [-0.05, 0) is 54.1 Å². The summed E-state index contributed by atoms with van der Waals surface area (Å²) in [6, 6.07) is 16.5. The second-order valence-electron chi connectivity index (χ2n) is 6.92. The van der Waals surface area contributed by atoms with E-state index in [0.29, 0.717) is 15.5 Å². The van der Waals surface area contributed by atoms with Crippen molar-refractivity contribution >= 4 is 81.1 Å². The molecule has 2 heterocycles. The number of rotatable bonds is 8. The number of halogens is 2. The lowest BCUT2D eigenvalue weighted by molar-refractivity contribution is -0.122. The van der Waals surface area contributed by atoms with Crippen LogP contribution < -0.4 is 0 Å². The van der Waals surface area contributed by atoms with E-state index in [0.717, 1.165) is 33.2 Å². The number of thiazole rings is 1. The predicted octanol–water partition coefficient (Wildman–Crippen LogP) is 6.70. The largest absolute Gasteiger partial charge is 0.293 e. The van der Waals surface area contributed by atoms with Crippen LogP contribution in [0.15, 0.2) is 63.8 Å². The summed E-state index contributed by atoms with van der Waals surface area (Å²) in [6.07, 6.45) is 2.47. The van der Waals surface area contributed by atoms with Crippen molar-refractivity contribution in [2.24, 2.45) is 0 Å². The van der Waals surface area contributed by atoms with Gasteiger partial charge in [0.05, 0.1) is 16.3 Å². The van der Waals surface area contributed by atoms with E-state index in [1.54, 1.807) is 42.1 Å². The maximum atomic E-state index is 12.8. The number of imide groups is 1. The summed E-state index contributed by atoms with van der Waals surface area (Å²) < 4.78 is 0.791. The smallest absolute Gasteiger partial charge is 0.292 e. The van der Waals surface area contributed by atoms with Gasteiger partial charge in [0.1, 0.15) is 5.15 Å². The molecule has 2 aromatic carbocycles. The van der Waals surface area contributed by atoms with E-state index in [9.17, 15) is 14.4 Å². The highest BCUT2D eigenvalue weighted by Crippen LogP contribution is 2.37. The van der Waals surface area contributed by atoms with Gasteiger partial charge in [0, 0.05) is 16.3 Å². The molecule has 2 amide bonds.